The van der Waals surface area contributed by atoms with E-state index in [0.717, 1.165) is 30.4 Å². The zero-order valence-electron chi connectivity index (χ0n) is 30.3. The Kier molecular flexibility index (Phi) is 12.8. The number of carbonyl (C=O) groups excluding carboxylic acids is 4. The van der Waals surface area contributed by atoms with Crippen molar-refractivity contribution in [3.63, 3.8) is 0 Å². The van der Waals surface area contributed by atoms with Crippen molar-refractivity contribution in [2.75, 3.05) is 26.3 Å². The van der Waals surface area contributed by atoms with Gasteiger partial charge in [-0.05, 0) is 78.5 Å². The van der Waals surface area contributed by atoms with Crippen LogP contribution >= 0.6 is 0 Å². The Labute approximate surface area is 306 Å². The summed E-state index contributed by atoms with van der Waals surface area (Å²) in [7, 11) is 0. The van der Waals surface area contributed by atoms with E-state index in [9.17, 15) is 19.2 Å². The normalized spacial score (nSPS) is 17.2. The summed E-state index contributed by atoms with van der Waals surface area (Å²) in [6.45, 7) is 6.97. The number of benzene rings is 3. The van der Waals surface area contributed by atoms with E-state index in [1.54, 1.807) is 24.3 Å². The fourth-order valence-corrected chi connectivity index (χ4v) is 6.51. The molecule has 3 aromatic carbocycles. The predicted molar refractivity (Wildman–Crippen MR) is 198 cm³/mol. The third kappa shape index (κ3) is 10.7. The molecule has 5 N–H and O–H groups in total. The average molecular weight is 707 g/mol. The van der Waals surface area contributed by atoms with Crippen LogP contribution in [0.1, 0.15) is 85.1 Å². The van der Waals surface area contributed by atoms with Gasteiger partial charge in [0.25, 0.3) is 5.91 Å². The molecule has 0 aromatic heterocycles. The van der Waals surface area contributed by atoms with E-state index in [1.165, 1.54) is 5.56 Å². The highest BCUT2D eigenvalue weighted by Crippen LogP contribution is 2.29. The van der Waals surface area contributed by atoms with E-state index in [2.05, 4.69) is 32.7 Å². The summed E-state index contributed by atoms with van der Waals surface area (Å²) in [6, 6.07) is 24.2. The number of amides is 4. The largest absolute Gasteiger partial charge is 0.377 e. The predicted octanol–water partition coefficient (Wildman–Crippen LogP) is 3.88. The van der Waals surface area contributed by atoms with Crippen molar-refractivity contribution < 1.29 is 23.9 Å². The average Bonchev–Trinajstić information content (AvgIpc) is 3.13. The van der Waals surface area contributed by atoms with Crippen LogP contribution in [0.4, 0.5) is 0 Å². The van der Waals surface area contributed by atoms with E-state index >= 15 is 0 Å². The molecule has 274 valence electrons. The molecule has 0 unspecified atom stereocenters. The highest BCUT2D eigenvalue weighted by Gasteiger charge is 2.43. The maximum absolute atomic E-state index is 14.2. The molecule has 1 fully saturated rings. The van der Waals surface area contributed by atoms with Gasteiger partial charge in [-0.2, -0.15) is 5.26 Å². The summed E-state index contributed by atoms with van der Waals surface area (Å²) < 4.78 is 5.56. The monoisotopic (exact) mass is 706 g/mol. The molecule has 1 saturated heterocycles. The Morgan fingerprint density at radius 2 is 1.62 bits per heavy atom. The molecule has 0 saturated carbocycles. The third-order valence-corrected chi connectivity index (χ3v) is 9.51. The maximum Gasteiger partial charge on any atom is 0.251 e. The first-order valence-corrected chi connectivity index (χ1v) is 18.1. The summed E-state index contributed by atoms with van der Waals surface area (Å²) in [6.07, 6.45) is 3.44. The number of nitriles is 1. The van der Waals surface area contributed by atoms with Crippen LogP contribution < -0.4 is 26.6 Å². The Balaban J connectivity index is 1.33. The molecule has 2 aliphatic rings. The van der Waals surface area contributed by atoms with E-state index in [-0.39, 0.29) is 55.4 Å². The molecule has 11 nitrogen and oxygen atoms in total. The zero-order valence-corrected chi connectivity index (χ0v) is 30.3. The van der Waals surface area contributed by atoms with Crippen molar-refractivity contribution in [2.24, 2.45) is 5.41 Å². The molecule has 3 atom stereocenters. The van der Waals surface area contributed by atoms with E-state index in [1.807, 2.05) is 75.4 Å². The summed E-state index contributed by atoms with van der Waals surface area (Å²) >= 11 is 0. The van der Waals surface area contributed by atoms with Crippen molar-refractivity contribution in [1.29, 1.82) is 5.26 Å². The van der Waals surface area contributed by atoms with Gasteiger partial charge >= 0.3 is 0 Å². The zero-order chi connectivity index (χ0) is 37.1. The van der Waals surface area contributed by atoms with Crippen molar-refractivity contribution in [2.45, 2.75) is 83.0 Å². The molecule has 0 bridgehead atoms. The second-order valence-corrected chi connectivity index (χ2v) is 15.1. The first-order chi connectivity index (χ1) is 24.9. The van der Waals surface area contributed by atoms with Gasteiger partial charge < -0.3 is 26.0 Å². The number of nitrogens with one attached hydrogen (secondary N) is 5. The molecule has 0 spiro atoms. The minimum Gasteiger partial charge on any atom is -0.377 e. The number of rotatable bonds is 15. The van der Waals surface area contributed by atoms with Crippen LogP contribution in [-0.4, -0.2) is 67.6 Å². The van der Waals surface area contributed by atoms with Gasteiger partial charge in [0.2, 0.25) is 17.7 Å². The second kappa shape index (κ2) is 17.4. The SMILES string of the molecule is CC(C)(C)CNC(=O)C[C@H](NC1(CNC(=O)c2ccc(C#N)cc2)COC1)C(=O)N[C@@H](CCc1ccccc1)C(=O)N[C@@H]1CCCc2ccccc21. The standard InChI is InChI=1S/C41H50N6O5/c1-40(2,3)24-43-36(48)22-35(47-41(26-52-27-41)25-44-37(49)31-19-16-29(23-42)17-20-31)39(51)46-34(21-18-28-10-5-4-6-11-28)38(50)45-33-15-9-13-30-12-7-8-14-32(30)33/h4-8,10-12,14,16-17,19-20,33-35,47H,9,13,15,18,21-22,24-27H2,1-3H3,(H,43,48)(H,44,49)(H,45,50)(H,46,51)/t33-,34+,35+/m1/s1. The van der Waals surface area contributed by atoms with Gasteiger partial charge in [-0.15, -0.1) is 0 Å². The van der Waals surface area contributed by atoms with E-state index in [0.29, 0.717) is 30.5 Å². The molecular weight excluding hydrogens is 656 g/mol. The van der Waals surface area contributed by atoms with Gasteiger partial charge in [-0.25, -0.2) is 0 Å². The number of nitrogens with zero attached hydrogens (tertiary/aromatic N) is 1. The number of hydrogen-bond donors (Lipinski definition) is 5. The van der Waals surface area contributed by atoms with Gasteiger partial charge in [-0.3, -0.25) is 24.5 Å². The van der Waals surface area contributed by atoms with Gasteiger partial charge in [-0.1, -0.05) is 75.4 Å². The first-order valence-electron chi connectivity index (χ1n) is 18.1. The number of aryl methyl sites for hydroxylation is 2. The lowest BCUT2D eigenvalue weighted by molar-refractivity contribution is -0.135. The van der Waals surface area contributed by atoms with Crippen LogP contribution in [0.25, 0.3) is 0 Å². The molecule has 11 heteroatoms. The third-order valence-electron chi connectivity index (χ3n) is 9.51. The number of ether oxygens (including phenoxy) is 1. The van der Waals surface area contributed by atoms with Crippen molar-refractivity contribution in [3.05, 3.63) is 107 Å². The Bertz CT molecular complexity index is 1740. The van der Waals surface area contributed by atoms with E-state index < -0.39 is 23.5 Å². The topological polar surface area (TPSA) is 161 Å². The van der Waals surface area contributed by atoms with Crippen molar-refractivity contribution >= 4 is 23.6 Å². The second-order valence-electron chi connectivity index (χ2n) is 15.1. The summed E-state index contributed by atoms with van der Waals surface area (Å²) in [5, 5.41) is 24.5. The maximum atomic E-state index is 14.2. The number of fused-ring (bicyclic) bond motifs is 1. The number of carbonyl (C=O) groups is 4. The van der Waals surface area contributed by atoms with Gasteiger partial charge in [0.1, 0.15) is 6.04 Å². The van der Waals surface area contributed by atoms with Crippen molar-refractivity contribution in [1.82, 2.24) is 26.6 Å². The fraction of sp³-hybridized carbons (Fsp3) is 0.439. The van der Waals surface area contributed by atoms with Crippen LogP contribution in [0.2, 0.25) is 0 Å². The lowest BCUT2D eigenvalue weighted by atomic mass is 9.87. The molecule has 4 amide bonds. The molecule has 5 rings (SSSR count). The summed E-state index contributed by atoms with van der Waals surface area (Å²) in [5.41, 5.74) is 3.18. The van der Waals surface area contributed by atoms with Crippen LogP contribution in [0.3, 0.4) is 0 Å². The van der Waals surface area contributed by atoms with Gasteiger partial charge in [0.05, 0.1) is 48.9 Å². The summed E-state index contributed by atoms with van der Waals surface area (Å²) in [5.74, 6) is -1.43. The quantitative estimate of drug-likeness (QED) is 0.160. The van der Waals surface area contributed by atoms with Gasteiger partial charge in [0, 0.05) is 18.7 Å². The Morgan fingerprint density at radius 1 is 0.904 bits per heavy atom. The number of hydrogen-bond acceptors (Lipinski definition) is 7. The lowest BCUT2D eigenvalue weighted by Gasteiger charge is -2.44. The highest BCUT2D eigenvalue weighted by atomic mass is 16.5. The van der Waals surface area contributed by atoms with Crippen LogP contribution in [0.15, 0.2) is 78.9 Å². The Hall–Kier alpha value is -5.05. The molecule has 1 heterocycles. The van der Waals surface area contributed by atoms with Crippen LogP contribution in [-0.2, 0) is 32.0 Å². The lowest BCUT2D eigenvalue weighted by Crippen LogP contribution is -2.70. The van der Waals surface area contributed by atoms with Crippen molar-refractivity contribution in [3.8, 4) is 6.07 Å². The van der Waals surface area contributed by atoms with Gasteiger partial charge in [0.15, 0.2) is 0 Å². The Morgan fingerprint density at radius 3 is 2.29 bits per heavy atom. The molecule has 1 aliphatic heterocycles. The van der Waals surface area contributed by atoms with Crippen LogP contribution in [0, 0.1) is 16.7 Å². The first kappa shape index (κ1) is 38.2. The highest BCUT2D eigenvalue weighted by molar-refractivity contribution is 5.94. The molecule has 1 aliphatic carbocycles. The fourth-order valence-electron chi connectivity index (χ4n) is 6.51. The molecule has 3 aromatic rings. The van der Waals surface area contributed by atoms with E-state index in [4.69, 9.17) is 10.00 Å². The van der Waals surface area contributed by atoms with Crippen LogP contribution in [0.5, 0.6) is 0 Å². The smallest absolute Gasteiger partial charge is 0.251 e. The minimum atomic E-state index is -1.03. The molecule has 52 heavy (non-hydrogen) atoms. The molecular formula is C41H50N6O5. The molecule has 0 radical (unpaired) electrons. The minimum absolute atomic E-state index is 0.123. The summed E-state index contributed by atoms with van der Waals surface area (Å²) in [4.78, 5) is 54.6.